The van der Waals surface area contributed by atoms with Crippen molar-refractivity contribution < 1.29 is 14.0 Å². The minimum atomic E-state index is -0.635. The molecule has 2 N–H and O–H groups in total. The first kappa shape index (κ1) is 22.5. The van der Waals surface area contributed by atoms with Gasteiger partial charge in [0.1, 0.15) is 0 Å². The lowest BCUT2D eigenvalue weighted by atomic mass is 9.96. The quantitative estimate of drug-likeness (QED) is 0.333. The van der Waals surface area contributed by atoms with E-state index in [-0.39, 0.29) is 29.4 Å². The highest BCUT2D eigenvalue weighted by Gasteiger charge is 2.30. The average molecular weight is 434 g/mol. The van der Waals surface area contributed by atoms with Crippen molar-refractivity contribution in [1.29, 1.82) is 0 Å². The van der Waals surface area contributed by atoms with Gasteiger partial charge >= 0.3 is 0 Å². The fourth-order valence-corrected chi connectivity index (χ4v) is 4.46. The Bertz CT molecular complexity index is 797. The molecular weight excluding hydrogens is 402 g/mol. The largest absolute Gasteiger partial charge is 0.408 e. The van der Waals surface area contributed by atoms with E-state index in [1.807, 2.05) is 19.9 Å². The number of hydrogen-bond acceptors (Lipinski definition) is 7. The van der Waals surface area contributed by atoms with E-state index in [4.69, 9.17) is 4.42 Å². The minimum absolute atomic E-state index is 0.00811. The number of Topliss-reactive ketones (excluding diaryl/α,β-unsaturated/α-hetero) is 1. The molecule has 1 aliphatic rings. The number of carbonyl (C=O) groups is 2. The van der Waals surface area contributed by atoms with Crippen molar-refractivity contribution in [2.45, 2.75) is 76.5 Å². The molecule has 0 aromatic carbocycles. The molecule has 0 unspecified atom stereocenters. The summed E-state index contributed by atoms with van der Waals surface area (Å²) in [6.07, 6.45) is 9.33. The van der Waals surface area contributed by atoms with E-state index >= 15 is 0 Å². The predicted octanol–water partition coefficient (Wildman–Crippen LogP) is 3.81. The summed E-state index contributed by atoms with van der Waals surface area (Å²) < 4.78 is 5.59. The van der Waals surface area contributed by atoms with Crippen LogP contribution in [0.1, 0.15) is 75.2 Å². The van der Waals surface area contributed by atoms with E-state index < -0.39 is 6.04 Å². The second-order valence-corrected chi connectivity index (χ2v) is 9.34. The molecular formula is C21H31N5O3S. The third-order valence-corrected chi connectivity index (χ3v) is 6.16. The lowest BCUT2D eigenvalue weighted by molar-refractivity contribution is -0.126. The molecule has 0 radical (unpaired) electrons. The number of amides is 1. The van der Waals surface area contributed by atoms with Crippen LogP contribution in [0.15, 0.2) is 21.9 Å². The highest BCUT2D eigenvalue weighted by atomic mass is 32.2. The Hall–Kier alpha value is -2.16. The number of aromatic amines is 1. The number of nitrogens with one attached hydrogen (secondary N) is 2. The van der Waals surface area contributed by atoms with E-state index in [9.17, 15) is 9.59 Å². The van der Waals surface area contributed by atoms with Gasteiger partial charge in [0.15, 0.2) is 0 Å². The van der Waals surface area contributed by atoms with Gasteiger partial charge in [-0.2, -0.15) is 5.10 Å². The van der Waals surface area contributed by atoms with Crippen molar-refractivity contribution in [3.8, 4) is 0 Å². The summed E-state index contributed by atoms with van der Waals surface area (Å²) in [6.45, 7) is 4.06. The molecule has 3 rings (SSSR count). The summed E-state index contributed by atoms with van der Waals surface area (Å²) >= 11 is 1.39. The second kappa shape index (κ2) is 11.3. The zero-order valence-electron chi connectivity index (χ0n) is 17.7. The van der Waals surface area contributed by atoms with Crippen LogP contribution in [0, 0.1) is 11.8 Å². The number of aryl methyl sites for hydroxylation is 1. The first-order valence-corrected chi connectivity index (χ1v) is 11.8. The van der Waals surface area contributed by atoms with Gasteiger partial charge in [0, 0.05) is 23.6 Å². The van der Waals surface area contributed by atoms with Crippen LogP contribution < -0.4 is 5.32 Å². The number of hydrogen-bond donors (Lipinski definition) is 2. The maximum absolute atomic E-state index is 13.0. The van der Waals surface area contributed by atoms with Gasteiger partial charge in [0.05, 0.1) is 6.04 Å². The standard InChI is InChI=1S/C21H31N5O3S/c1-14(2)13-17(23-19(28)15-7-5-3-4-6-8-15)18(27)20-25-26-21(29-20)30-12-10-16-9-11-22-24-16/h9,11,14-15,17H,3-8,10,12-13H2,1-2H3,(H,22,24)(H,23,28)/t17-/m0/s1. The van der Waals surface area contributed by atoms with E-state index in [1.165, 1.54) is 24.6 Å². The number of rotatable bonds is 10. The van der Waals surface area contributed by atoms with E-state index in [0.29, 0.717) is 11.6 Å². The highest BCUT2D eigenvalue weighted by molar-refractivity contribution is 7.99. The molecule has 1 aliphatic carbocycles. The van der Waals surface area contributed by atoms with Crippen molar-refractivity contribution in [2.75, 3.05) is 5.75 Å². The minimum Gasteiger partial charge on any atom is -0.408 e. The summed E-state index contributed by atoms with van der Waals surface area (Å²) in [7, 11) is 0. The van der Waals surface area contributed by atoms with Gasteiger partial charge in [-0.05, 0) is 37.7 Å². The first-order valence-electron chi connectivity index (χ1n) is 10.8. The van der Waals surface area contributed by atoms with E-state index in [0.717, 1.165) is 43.6 Å². The number of ketones is 1. The van der Waals surface area contributed by atoms with Crippen LogP contribution in [0.2, 0.25) is 0 Å². The molecule has 2 aromatic heterocycles. The van der Waals surface area contributed by atoms with Gasteiger partial charge in [0.25, 0.3) is 11.1 Å². The van der Waals surface area contributed by atoms with Crippen molar-refractivity contribution >= 4 is 23.5 Å². The van der Waals surface area contributed by atoms with E-state index in [2.05, 4.69) is 25.7 Å². The molecule has 0 saturated heterocycles. The van der Waals surface area contributed by atoms with Crippen LogP contribution >= 0.6 is 11.8 Å². The molecule has 1 fully saturated rings. The smallest absolute Gasteiger partial charge is 0.286 e. The van der Waals surface area contributed by atoms with Gasteiger partial charge in [-0.25, -0.2) is 0 Å². The normalized spacial score (nSPS) is 16.4. The molecule has 9 heteroatoms. The van der Waals surface area contributed by atoms with Crippen molar-refractivity contribution in [1.82, 2.24) is 25.7 Å². The zero-order valence-corrected chi connectivity index (χ0v) is 18.5. The molecule has 30 heavy (non-hydrogen) atoms. The fourth-order valence-electron chi connectivity index (χ4n) is 3.72. The second-order valence-electron chi connectivity index (χ2n) is 8.30. The molecule has 0 spiro atoms. The van der Waals surface area contributed by atoms with Crippen LogP contribution in [0.5, 0.6) is 0 Å². The summed E-state index contributed by atoms with van der Waals surface area (Å²) in [5.74, 6) is 0.603. The molecule has 0 bridgehead atoms. The molecule has 2 heterocycles. The highest BCUT2D eigenvalue weighted by Crippen LogP contribution is 2.24. The molecule has 1 atom stereocenters. The molecule has 1 amide bonds. The monoisotopic (exact) mass is 433 g/mol. The predicted molar refractivity (Wildman–Crippen MR) is 114 cm³/mol. The number of H-pyrrole nitrogens is 1. The third kappa shape index (κ3) is 6.68. The van der Waals surface area contributed by atoms with Gasteiger partial charge in [-0.1, -0.05) is 51.3 Å². The Balaban J connectivity index is 1.58. The summed E-state index contributed by atoms with van der Waals surface area (Å²) in [6, 6.07) is 1.28. The lowest BCUT2D eigenvalue weighted by Gasteiger charge is -2.21. The number of thioether (sulfide) groups is 1. The lowest BCUT2D eigenvalue weighted by Crippen LogP contribution is -2.44. The van der Waals surface area contributed by atoms with Gasteiger partial charge in [-0.15, -0.1) is 10.2 Å². The number of aromatic nitrogens is 4. The van der Waals surface area contributed by atoms with Gasteiger partial charge in [0.2, 0.25) is 11.7 Å². The van der Waals surface area contributed by atoms with E-state index in [1.54, 1.807) is 6.20 Å². The Morgan fingerprint density at radius 2 is 2.00 bits per heavy atom. The summed E-state index contributed by atoms with van der Waals surface area (Å²) in [4.78, 5) is 25.8. The van der Waals surface area contributed by atoms with Crippen molar-refractivity contribution in [3.05, 3.63) is 23.8 Å². The maximum Gasteiger partial charge on any atom is 0.286 e. The molecule has 0 aliphatic heterocycles. The van der Waals surface area contributed by atoms with Crippen LogP contribution in [0.3, 0.4) is 0 Å². The maximum atomic E-state index is 13.0. The van der Waals surface area contributed by atoms with Crippen LogP contribution in [0.4, 0.5) is 0 Å². The first-order chi connectivity index (χ1) is 14.5. The zero-order chi connectivity index (χ0) is 21.3. The molecule has 1 saturated carbocycles. The van der Waals surface area contributed by atoms with Gasteiger partial charge in [-0.3, -0.25) is 14.7 Å². The van der Waals surface area contributed by atoms with Crippen molar-refractivity contribution in [3.63, 3.8) is 0 Å². The van der Waals surface area contributed by atoms with Crippen LogP contribution in [-0.2, 0) is 11.2 Å². The summed E-state index contributed by atoms with van der Waals surface area (Å²) in [5.41, 5.74) is 1.02. The molecule has 2 aromatic rings. The van der Waals surface area contributed by atoms with Gasteiger partial charge < -0.3 is 9.73 Å². The van der Waals surface area contributed by atoms with Crippen molar-refractivity contribution in [2.24, 2.45) is 11.8 Å². The Labute approximate surface area is 181 Å². The molecule has 8 nitrogen and oxygen atoms in total. The average Bonchev–Trinajstić information content (AvgIpc) is 3.33. The van der Waals surface area contributed by atoms with Crippen LogP contribution in [0.25, 0.3) is 0 Å². The fraction of sp³-hybridized carbons (Fsp3) is 0.667. The Morgan fingerprint density at radius 1 is 1.23 bits per heavy atom. The Morgan fingerprint density at radius 3 is 2.67 bits per heavy atom. The number of carbonyl (C=O) groups excluding carboxylic acids is 2. The topological polar surface area (TPSA) is 114 Å². The number of nitrogens with zero attached hydrogens (tertiary/aromatic N) is 3. The summed E-state index contributed by atoms with van der Waals surface area (Å²) in [5, 5.41) is 18.1. The Kier molecular flexibility index (Phi) is 8.48. The molecule has 164 valence electrons. The van der Waals surface area contributed by atoms with Crippen LogP contribution in [-0.4, -0.2) is 43.9 Å². The third-order valence-electron chi connectivity index (χ3n) is 5.34. The SMILES string of the molecule is CC(C)C[C@H](NC(=O)C1CCCCCC1)C(=O)c1nnc(SCCc2ccn[nH]2)o1.